The zero-order valence-electron chi connectivity index (χ0n) is 8.16. The third kappa shape index (κ3) is 3.36. The Morgan fingerprint density at radius 1 is 1.64 bits per heavy atom. The highest BCUT2D eigenvalue weighted by molar-refractivity contribution is 5.77. The molecule has 1 fully saturated rings. The van der Waals surface area contributed by atoms with Crippen LogP contribution in [0.25, 0.3) is 0 Å². The van der Waals surface area contributed by atoms with E-state index < -0.39 is 0 Å². The number of carbonyl (C=O) groups is 1. The normalized spacial score (nSPS) is 24.9. The molecule has 1 aliphatic rings. The van der Waals surface area contributed by atoms with Gasteiger partial charge in [0.1, 0.15) is 6.61 Å². The molecule has 0 aromatic heterocycles. The highest BCUT2D eigenvalue weighted by Crippen LogP contribution is 2.28. The maximum atomic E-state index is 11.0. The number of ether oxygens (including phenoxy) is 1. The molecule has 4 heteroatoms. The van der Waals surface area contributed by atoms with Gasteiger partial charge in [0.15, 0.2) is 0 Å². The molecule has 1 amide bonds. The van der Waals surface area contributed by atoms with Crippen molar-refractivity contribution >= 4 is 5.91 Å². The van der Waals surface area contributed by atoms with Gasteiger partial charge in [0, 0.05) is 0 Å². The summed E-state index contributed by atoms with van der Waals surface area (Å²) in [7, 11) is 0. The molecule has 1 rings (SSSR count). The van der Waals surface area contributed by atoms with E-state index in [9.17, 15) is 4.79 Å². The minimum Gasteiger partial charge on any atom is -0.368 e. The van der Waals surface area contributed by atoms with Gasteiger partial charge in [-0.2, -0.15) is 0 Å². The predicted octanol–water partition coefficient (Wildman–Crippen LogP) is -0.510. The number of terminal acetylenes is 1. The predicted molar refractivity (Wildman–Crippen MR) is 53.4 cm³/mol. The summed E-state index contributed by atoms with van der Waals surface area (Å²) in [6, 6.07) is 0. The van der Waals surface area contributed by atoms with Crippen LogP contribution in [-0.2, 0) is 9.53 Å². The van der Waals surface area contributed by atoms with Gasteiger partial charge in [-0.25, -0.2) is 0 Å². The van der Waals surface area contributed by atoms with Crippen LogP contribution in [0, 0.1) is 18.3 Å². The molecule has 14 heavy (non-hydrogen) atoms. The number of rotatable bonds is 5. The second-order valence-corrected chi connectivity index (χ2v) is 3.49. The summed E-state index contributed by atoms with van der Waals surface area (Å²) in [5.41, 5.74) is 5.46. The Labute approximate surface area is 84.2 Å². The molecular weight excluding hydrogens is 180 g/mol. The minimum atomic E-state index is -0.154. The van der Waals surface area contributed by atoms with Crippen molar-refractivity contribution in [2.24, 2.45) is 11.7 Å². The highest BCUT2D eigenvalue weighted by atomic mass is 16.5. The summed E-state index contributed by atoms with van der Waals surface area (Å²) >= 11 is 0. The Kier molecular flexibility index (Phi) is 4.44. The summed E-state index contributed by atoms with van der Waals surface area (Å²) in [5, 5.41) is 2.54. The molecular formula is C10H16N2O2. The lowest BCUT2D eigenvalue weighted by molar-refractivity contribution is -0.130. The van der Waals surface area contributed by atoms with E-state index in [2.05, 4.69) is 11.2 Å². The van der Waals surface area contributed by atoms with Crippen molar-refractivity contribution in [3.05, 3.63) is 0 Å². The lowest BCUT2D eigenvalue weighted by Crippen LogP contribution is -2.38. The van der Waals surface area contributed by atoms with Crippen LogP contribution in [0.15, 0.2) is 0 Å². The van der Waals surface area contributed by atoms with E-state index >= 15 is 0 Å². The van der Waals surface area contributed by atoms with Gasteiger partial charge in [0.2, 0.25) is 5.91 Å². The fourth-order valence-electron chi connectivity index (χ4n) is 1.40. The lowest BCUT2D eigenvalue weighted by Gasteiger charge is -2.33. The number of nitrogens with one attached hydrogen (secondary N) is 1. The van der Waals surface area contributed by atoms with Gasteiger partial charge in [-0.15, -0.1) is 6.42 Å². The number of nitrogens with two attached hydrogens (primary N) is 1. The average Bonchev–Trinajstić information content (AvgIpc) is 2.12. The van der Waals surface area contributed by atoms with E-state index in [4.69, 9.17) is 16.9 Å². The van der Waals surface area contributed by atoms with Crippen LogP contribution in [0.1, 0.15) is 12.8 Å². The quantitative estimate of drug-likeness (QED) is 0.582. The fourth-order valence-corrected chi connectivity index (χ4v) is 1.40. The second-order valence-electron chi connectivity index (χ2n) is 3.49. The van der Waals surface area contributed by atoms with Crippen molar-refractivity contribution in [3.8, 4) is 12.3 Å². The topological polar surface area (TPSA) is 64.3 Å². The van der Waals surface area contributed by atoms with Crippen molar-refractivity contribution in [2.45, 2.75) is 18.9 Å². The molecule has 1 saturated carbocycles. The first-order chi connectivity index (χ1) is 6.76. The summed E-state index contributed by atoms with van der Waals surface area (Å²) in [6.45, 7) is 1.07. The molecule has 0 spiro atoms. The molecule has 0 atom stereocenters. The number of hydrogen-bond acceptors (Lipinski definition) is 3. The molecule has 0 aromatic carbocycles. The summed E-state index contributed by atoms with van der Waals surface area (Å²) < 4.78 is 5.33. The van der Waals surface area contributed by atoms with Crippen molar-refractivity contribution in [1.29, 1.82) is 0 Å². The van der Waals surface area contributed by atoms with Gasteiger partial charge in [0.25, 0.3) is 0 Å². The van der Waals surface area contributed by atoms with E-state index in [1.54, 1.807) is 0 Å². The second kappa shape index (κ2) is 5.63. The standard InChI is InChI=1S/C10H16N2O2/c1-2-3-12-10(13)7-14-9-4-8(5-9)6-11/h1,8-9H,3-7,11H2,(H,12,13). The van der Waals surface area contributed by atoms with E-state index in [0.717, 1.165) is 12.8 Å². The van der Waals surface area contributed by atoms with Crippen molar-refractivity contribution in [3.63, 3.8) is 0 Å². The van der Waals surface area contributed by atoms with Crippen LogP contribution in [0.2, 0.25) is 0 Å². The zero-order chi connectivity index (χ0) is 10.4. The van der Waals surface area contributed by atoms with Gasteiger partial charge < -0.3 is 15.8 Å². The van der Waals surface area contributed by atoms with Crippen LogP contribution in [0.3, 0.4) is 0 Å². The maximum absolute atomic E-state index is 11.0. The Morgan fingerprint density at radius 3 is 2.93 bits per heavy atom. The lowest BCUT2D eigenvalue weighted by atomic mass is 9.82. The molecule has 0 radical (unpaired) electrons. The van der Waals surface area contributed by atoms with Crippen LogP contribution < -0.4 is 11.1 Å². The van der Waals surface area contributed by atoms with Gasteiger partial charge in [-0.05, 0) is 25.3 Å². The van der Waals surface area contributed by atoms with Crippen LogP contribution in [0.5, 0.6) is 0 Å². The number of carbonyl (C=O) groups excluding carboxylic acids is 1. The van der Waals surface area contributed by atoms with E-state index in [1.807, 2.05) is 0 Å². The molecule has 0 aromatic rings. The van der Waals surface area contributed by atoms with Crippen molar-refractivity contribution in [2.75, 3.05) is 19.7 Å². The first kappa shape index (κ1) is 11.0. The SMILES string of the molecule is C#CCNC(=O)COC1CC(CN)C1. The summed E-state index contributed by atoms with van der Waals surface area (Å²) in [4.78, 5) is 11.0. The number of hydrogen-bond donors (Lipinski definition) is 2. The number of amides is 1. The van der Waals surface area contributed by atoms with Gasteiger partial charge in [-0.1, -0.05) is 5.92 Å². The third-order valence-electron chi connectivity index (χ3n) is 2.36. The average molecular weight is 196 g/mol. The summed E-state index contributed by atoms with van der Waals surface area (Å²) in [6.07, 6.45) is 7.14. The van der Waals surface area contributed by atoms with Crippen LogP contribution >= 0.6 is 0 Å². The third-order valence-corrected chi connectivity index (χ3v) is 2.36. The molecule has 0 aliphatic heterocycles. The molecule has 78 valence electrons. The van der Waals surface area contributed by atoms with Gasteiger partial charge >= 0.3 is 0 Å². The Bertz CT molecular complexity index is 229. The Balaban J connectivity index is 1.99. The Morgan fingerprint density at radius 2 is 2.36 bits per heavy atom. The Hall–Kier alpha value is -1.05. The first-order valence-corrected chi connectivity index (χ1v) is 4.78. The van der Waals surface area contributed by atoms with Gasteiger partial charge in [0.05, 0.1) is 12.6 Å². The van der Waals surface area contributed by atoms with Crippen LogP contribution in [-0.4, -0.2) is 31.7 Å². The van der Waals surface area contributed by atoms with E-state index in [0.29, 0.717) is 12.5 Å². The summed E-state index contributed by atoms with van der Waals surface area (Å²) in [5.74, 6) is 2.75. The smallest absolute Gasteiger partial charge is 0.246 e. The van der Waals surface area contributed by atoms with E-state index in [1.165, 1.54) is 0 Å². The van der Waals surface area contributed by atoms with E-state index in [-0.39, 0.29) is 25.2 Å². The molecule has 0 saturated heterocycles. The molecule has 0 heterocycles. The minimum absolute atomic E-state index is 0.101. The largest absolute Gasteiger partial charge is 0.368 e. The zero-order valence-corrected chi connectivity index (χ0v) is 8.16. The molecule has 0 bridgehead atoms. The fraction of sp³-hybridized carbons (Fsp3) is 0.700. The molecule has 4 nitrogen and oxygen atoms in total. The molecule has 0 unspecified atom stereocenters. The van der Waals surface area contributed by atoms with Crippen LogP contribution in [0.4, 0.5) is 0 Å². The van der Waals surface area contributed by atoms with Crippen molar-refractivity contribution < 1.29 is 9.53 Å². The van der Waals surface area contributed by atoms with Crippen molar-refractivity contribution in [1.82, 2.24) is 5.32 Å². The molecule has 3 N–H and O–H groups in total. The monoisotopic (exact) mass is 196 g/mol. The van der Waals surface area contributed by atoms with Gasteiger partial charge in [-0.3, -0.25) is 4.79 Å². The maximum Gasteiger partial charge on any atom is 0.246 e. The highest BCUT2D eigenvalue weighted by Gasteiger charge is 2.28. The first-order valence-electron chi connectivity index (χ1n) is 4.78. The molecule has 1 aliphatic carbocycles.